The van der Waals surface area contributed by atoms with E-state index >= 15 is 0 Å². The number of carbonyl (C=O) groups is 1. The second-order valence-electron chi connectivity index (χ2n) is 4.42. The van der Waals surface area contributed by atoms with Gasteiger partial charge in [-0.15, -0.1) is 0 Å². The molecule has 0 saturated carbocycles. The summed E-state index contributed by atoms with van der Waals surface area (Å²) >= 11 is 3.23. The molecule has 6 heteroatoms. The average molecular weight is 354 g/mol. The normalized spacial score (nSPS) is 10.4. The van der Waals surface area contributed by atoms with Crippen LogP contribution < -0.4 is 4.74 Å². The SMILES string of the molecule is CCCc1cc(C(=O)O)cc(Oc2cc(Br)ccc2F)n1. The van der Waals surface area contributed by atoms with Gasteiger partial charge in [-0.05, 0) is 30.7 Å². The Labute approximate surface area is 129 Å². The van der Waals surface area contributed by atoms with Crippen LogP contribution in [0.25, 0.3) is 0 Å². The van der Waals surface area contributed by atoms with E-state index in [0.29, 0.717) is 16.6 Å². The Bertz CT molecular complexity index is 676. The maximum atomic E-state index is 13.7. The first-order chi connectivity index (χ1) is 9.99. The zero-order valence-corrected chi connectivity index (χ0v) is 12.9. The third kappa shape index (κ3) is 4.01. The van der Waals surface area contributed by atoms with E-state index in [0.717, 1.165) is 6.42 Å². The molecule has 0 aliphatic rings. The number of hydrogen-bond donors (Lipinski definition) is 1. The number of carboxylic acids is 1. The van der Waals surface area contributed by atoms with Crippen molar-refractivity contribution in [3.63, 3.8) is 0 Å². The van der Waals surface area contributed by atoms with Crippen LogP contribution in [0, 0.1) is 5.82 Å². The molecule has 0 bridgehead atoms. The van der Waals surface area contributed by atoms with Crippen LogP contribution in [0.5, 0.6) is 11.6 Å². The molecule has 0 atom stereocenters. The minimum atomic E-state index is -1.07. The zero-order chi connectivity index (χ0) is 15.4. The van der Waals surface area contributed by atoms with Crippen molar-refractivity contribution >= 4 is 21.9 Å². The summed E-state index contributed by atoms with van der Waals surface area (Å²) in [6.45, 7) is 1.96. The molecule has 2 rings (SSSR count). The maximum absolute atomic E-state index is 13.7. The van der Waals surface area contributed by atoms with Gasteiger partial charge in [0.2, 0.25) is 5.88 Å². The third-order valence-electron chi connectivity index (χ3n) is 2.72. The van der Waals surface area contributed by atoms with Gasteiger partial charge in [-0.3, -0.25) is 0 Å². The van der Waals surface area contributed by atoms with Crippen molar-refractivity contribution in [3.8, 4) is 11.6 Å². The molecule has 0 amide bonds. The first kappa shape index (κ1) is 15.4. The molecule has 0 spiro atoms. The highest BCUT2D eigenvalue weighted by atomic mass is 79.9. The van der Waals surface area contributed by atoms with Crippen molar-refractivity contribution in [2.75, 3.05) is 0 Å². The standard InChI is InChI=1S/C15H13BrFNO3/c1-2-3-11-6-9(15(19)20)7-14(18-11)21-13-8-10(16)4-5-12(13)17/h4-8H,2-3H2,1H3,(H,19,20). The van der Waals surface area contributed by atoms with Gasteiger partial charge in [0.25, 0.3) is 0 Å². The summed E-state index contributed by atoms with van der Waals surface area (Å²) in [5, 5.41) is 9.10. The minimum absolute atomic E-state index is 0.0122. The molecule has 0 aliphatic carbocycles. The summed E-state index contributed by atoms with van der Waals surface area (Å²) in [5.41, 5.74) is 0.668. The first-order valence-electron chi connectivity index (χ1n) is 6.36. The Balaban J connectivity index is 2.38. The van der Waals surface area contributed by atoms with Crippen LogP contribution in [-0.2, 0) is 6.42 Å². The van der Waals surface area contributed by atoms with E-state index in [9.17, 15) is 9.18 Å². The topological polar surface area (TPSA) is 59.4 Å². The van der Waals surface area contributed by atoms with Crippen LogP contribution in [0.2, 0.25) is 0 Å². The summed E-state index contributed by atoms with van der Waals surface area (Å²) in [5.74, 6) is -1.57. The lowest BCUT2D eigenvalue weighted by Gasteiger charge is -2.09. The lowest BCUT2D eigenvalue weighted by atomic mass is 10.1. The number of aromatic carboxylic acids is 1. The highest BCUT2D eigenvalue weighted by Gasteiger charge is 2.12. The summed E-state index contributed by atoms with van der Waals surface area (Å²) in [4.78, 5) is 15.3. The molecule has 0 aliphatic heterocycles. The second-order valence-corrected chi connectivity index (χ2v) is 5.33. The van der Waals surface area contributed by atoms with Crippen molar-refractivity contribution in [2.24, 2.45) is 0 Å². The molecule has 1 heterocycles. The summed E-state index contributed by atoms with van der Waals surface area (Å²) in [7, 11) is 0. The van der Waals surface area contributed by atoms with Crippen LogP contribution in [-0.4, -0.2) is 16.1 Å². The van der Waals surface area contributed by atoms with Gasteiger partial charge in [0.05, 0.1) is 5.56 Å². The quantitative estimate of drug-likeness (QED) is 0.863. The van der Waals surface area contributed by atoms with Crippen molar-refractivity contribution < 1.29 is 19.0 Å². The molecule has 21 heavy (non-hydrogen) atoms. The van der Waals surface area contributed by atoms with Gasteiger partial charge in [-0.2, -0.15) is 0 Å². The van der Waals surface area contributed by atoms with Crippen LogP contribution in [0.15, 0.2) is 34.8 Å². The third-order valence-corrected chi connectivity index (χ3v) is 3.21. The molecule has 0 saturated heterocycles. The molecule has 0 fully saturated rings. The monoisotopic (exact) mass is 353 g/mol. The summed E-state index contributed by atoms with van der Waals surface area (Å²) in [6, 6.07) is 7.04. The van der Waals surface area contributed by atoms with Gasteiger partial charge in [-0.1, -0.05) is 29.3 Å². The Hall–Kier alpha value is -1.95. The number of halogens is 2. The van der Waals surface area contributed by atoms with Gasteiger partial charge in [0, 0.05) is 16.2 Å². The fourth-order valence-corrected chi connectivity index (χ4v) is 2.13. The second kappa shape index (κ2) is 6.67. The average Bonchev–Trinajstić information content (AvgIpc) is 2.43. The fraction of sp³-hybridized carbons (Fsp3) is 0.200. The molecule has 4 nitrogen and oxygen atoms in total. The summed E-state index contributed by atoms with van der Waals surface area (Å²) < 4.78 is 19.7. The minimum Gasteiger partial charge on any atom is -0.478 e. The highest BCUT2D eigenvalue weighted by Crippen LogP contribution is 2.27. The van der Waals surface area contributed by atoms with E-state index in [1.54, 1.807) is 6.07 Å². The van der Waals surface area contributed by atoms with Crippen molar-refractivity contribution in [3.05, 3.63) is 51.9 Å². The van der Waals surface area contributed by atoms with Crippen LogP contribution in [0.1, 0.15) is 29.4 Å². The van der Waals surface area contributed by atoms with Crippen LogP contribution in [0.3, 0.4) is 0 Å². The number of carboxylic acid groups (broad SMARTS) is 1. The Kier molecular flexibility index (Phi) is 4.90. The number of aromatic nitrogens is 1. The number of rotatable bonds is 5. The lowest BCUT2D eigenvalue weighted by molar-refractivity contribution is 0.0696. The largest absolute Gasteiger partial charge is 0.478 e. The molecule has 1 aromatic heterocycles. The number of ether oxygens (including phenoxy) is 1. The Morgan fingerprint density at radius 3 is 2.81 bits per heavy atom. The first-order valence-corrected chi connectivity index (χ1v) is 7.16. The predicted molar refractivity (Wildman–Crippen MR) is 79.4 cm³/mol. The van der Waals surface area contributed by atoms with Gasteiger partial charge in [-0.25, -0.2) is 14.2 Å². The molecule has 1 N–H and O–H groups in total. The number of benzene rings is 1. The number of pyridine rings is 1. The van der Waals surface area contributed by atoms with E-state index in [-0.39, 0.29) is 17.2 Å². The zero-order valence-electron chi connectivity index (χ0n) is 11.3. The summed E-state index contributed by atoms with van der Waals surface area (Å²) in [6.07, 6.45) is 1.44. The molecular weight excluding hydrogens is 341 g/mol. The lowest BCUT2D eigenvalue weighted by Crippen LogP contribution is -2.02. The Morgan fingerprint density at radius 1 is 1.38 bits per heavy atom. The highest BCUT2D eigenvalue weighted by molar-refractivity contribution is 9.10. The van der Waals surface area contributed by atoms with Gasteiger partial charge in [0.1, 0.15) is 0 Å². The fourth-order valence-electron chi connectivity index (χ4n) is 1.79. The van der Waals surface area contributed by atoms with Crippen LogP contribution in [0.4, 0.5) is 4.39 Å². The maximum Gasteiger partial charge on any atom is 0.335 e. The molecule has 110 valence electrons. The van der Waals surface area contributed by atoms with E-state index < -0.39 is 11.8 Å². The predicted octanol–water partition coefficient (Wildman–Crippen LogP) is 4.43. The molecule has 1 aromatic carbocycles. The van der Waals surface area contributed by atoms with Gasteiger partial charge in [0.15, 0.2) is 11.6 Å². The van der Waals surface area contributed by atoms with Gasteiger partial charge >= 0.3 is 5.97 Å². The molecular formula is C15H13BrFNO3. The molecule has 0 radical (unpaired) electrons. The smallest absolute Gasteiger partial charge is 0.335 e. The van der Waals surface area contributed by atoms with E-state index in [1.807, 2.05) is 6.92 Å². The van der Waals surface area contributed by atoms with Crippen LogP contribution >= 0.6 is 15.9 Å². The molecule has 0 unspecified atom stereocenters. The van der Waals surface area contributed by atoms with E-state index in [4.69, 9.17) is 9.84 Å². The number of nitrogens with zero attached hydrogens (tertiary/aromatic N) is 1. The van der Waals surface area contributed by atoms with Gasteiger partial charge < -0.3 is 9.84 Å². The van der Waals surface area contributed by atoms with E-state index in [2.05, 4.69) is 20.9 Å². The van der Waals surface area contributed by atoms with Crippen molar-refractivity contribution in [2.45, 2.75) is 19.8 Å². The van der Waals surface area contributed by atoms with Crippen molar-refractivity contribution in [1.29, 1.82) is 0 Å². The van der Waals surface area contributed by atoms with E-state index in [1.165, 1.54) is 24.3 Å². The Morgan fingerprint density at radius 2 is 2.14 bits per heavy atom. The number of hydrogen-bond acceptors (Lipinski definition) is 3. The van der Waals surface area contributed by atoms with Crippen molar-refractivity contribution in [1.82, 2.24) is 4.98 Å². The number of aryl methyl sites for hydroxylation is 1. The molecule has 2 aromatic rings.